The smallest absolute Gasteiger partial charge is 0.408 e. The molecular formula is C27H25NO6. The van der Waals surface area contributed by atoms with Gasteiger partial charge in [0, 0.05) is 10.9 Å². The van der Waals surface area contributed by atoms with Crippen LogP contribution < -0.4 is 15.7 Å². The van der Waals surface area contributed by atoms with Crippen molar-refractivity contribution in [3.05, 3.63) is 88.3 Å². The number of amides is 1. The van der Waals surface area contributed by atoms with Crippen LogP contribution in [-0.4, -0.2) is 18.1 Å². The number of hydrogen-bond donors (Lipinski definition) is 1. The van der Waals surface area contributed by atoms with Gasteiger partial charge in [0.05, 0.1) is 5.39 Å². The number of rotatable bonds is 7. The Labute approximate surface area is 196 Å². The van der Waals surface area contributed by atoms with Gasteiger partial charge in [0.2, 0.25) is 0 Å². The molecule has 7 heteroatoms. The molecule has 1 heterocycles. The first-order chi connectivity index (χ1) is 16.5. The lowest BCUT2D eigenvalue weighted by Crippen LogP contribution is -2.43. The first-order valence-electron chi connectivity index (χ1n) is 11.1. The molecule has 0 aliphatic rings. The fraction of sp³-hybridized carbons (Fsp3) is 0.222. The number of nitrogens with one attached hydrogen (secondary N) is 1. The summed E-state index contributed by atoms with van der Waals surface area (Å²) in [5.74, 6) is -0.361. The number of carbonyl (C=O) groups excluding carboxylic acids is 2. The molecule has 0 fully saturated rings. The maximum atomic E-state index is 12.9. The Morgan fingerprint density at radius 3 is 2.38 bits per heavy atom. The molecule has 3 aromatic carbocycles. The van der Waals surface area contributed by atoms with E-state index >= 15 is 0 Å². The van der Waals surface area contributed by atoms with E-state index in [2.05, 4.69) is 5.32 Å². The van der Waals surface area contributed by atoms with Crippen molar-refractivity contribution < 1.29 is 23.5 Å². The second kappa shape index (κ2) is 10.2. The molecular weight excluding hydrogens is 434 g/mol. The van der Waals surface area contributed by atoms with Crippen molar-refractivity contribution in [2.45, 2.75) is 39.3 Å². The van der Waals surface area contributed by atoms with Crippen molar-refractivity contribution in [1.29, 1.82) is 0 Å². The lowest BCUT2D eigenvalue weighted by molar-refractivity contribution is -0.136. The van der Waals surface area contributed by atoms with Gasteiger partial charge in [0.15, 0.2) is 0 Å². The SMILES string of the molecule is CCCC(NC(=O)OCc1ccccc1)C(=O)Oc1ccc2c(oc(=O)c3ccccc32)c1C. The van der Waals surface area contributed by atoms with Crippen LogP contribution >= 0.6 is 0 Å². The van der Waals surface area contributed by atoms with E-state index in [9.17, 15) is 14.4 Å². The Balaban J connectivity index is 1.51. The highest BCUT2D eigenvalue weighted by molar-refractivity contribution is 6.05. The summed E-state index contributed by atoms with van der Waals surface area (Å²) in [6.45, 7) is 3.72. The lowest BCUT2D eigenvalue weighted by atomic mass is 10.0. The Kier molecular flexibility index (Phi) is 6.92. The predicted octanol–water partition coefficient (Wildman–Crippen LogP) is 5.26. The van der Waals surface area contributed by atoms with Crippen LogP contribution in [0.1, 0.15) is 30.9 Å². The number of alkyl carbamates (subject to hydrolysis) is 1. The fourth-order valence-corrected chi connectivity index (χ4v) is 3.80. The molecule has 0 saturated heterocycles. The normalized spacial score (nSPS) is 11.8. The minimum atomic E-state index is -0.882. The third-order valence-corrected chi connectivity index (χ3v) is 5.57. The topological polar surface area (TPSA) is 94.8 Å². The maximum absolute atomic E-state index is 12.9. The summed E-state index contributed by atoms with van der Waals surface area (Å²) in [5, 5.41) is 4.59. The van der Waals surface area contributed by atoms with Crippen molar-refractivity contribution in [3.8, 4) is 5.75 Å². The number of benzene rings is 3. The number of fused-ring (bicyclic) bond motifs is 3. The van der Waals surface area contributed by atoms with Gasteiger partial charge in [-0.1, -0.05) is 61.9 Å². The number of hydrogen-bond acceptors (Lipinski definition) is 6. The highest BCUT2D eigenvalue weighted by Gasteiger charge is 2.24. The molecule has 0 spiro atoms. The van der Waals surface area contributed by atoms with E-state index in [-0.39, 0.29) is 12.4 Å². The van der Waals surface area contributed by atoms with Gasteiger partial charge in [-0.3, -0.25) is 0 Å². The quantitative estimate of drug-likeness (QED) is 0.175. The van der Waals surface area contributed by atoms with Crippen molar-refractivity contribution in [2.24, 2.45) is 0 Å². The second-order valence-corrected chi connectivity index (χ2v) is 7.97. The average Bonchev–Trinajstić information content (AvgIpc) is 2.85. The number of esters is 1. The molecule has 4 rings (SSSR count). The van der Waals surface area contributed by atoms with Crippen LogP contribution in [0.3, 0.4) is 0 Å². The molecule has 1 N–H and O–H groups in total. The molecule has 7 nitrogen and oxygen atoms in total. The van der Waals surface area contributed by atoms with Crippen LogP contribution in [-0.2, 0) is 16.1 Å². The summed E-state index contributed by atoms with van der Waals surface area (Å²) in [7, 11) is 0. The molecule has 174 valence electrons. The third kappa shape index (κ3) is 4.93. The van der Waals surface area contributed by atoms with Gasteiger partial charge >= 0.3 is 17.7 Å². The van der Waals surface area contributed by atoms with Gasteiger partial charge in [-0.15, -0.1) is 0 Å². The second-order valence-electron chi connectivity index (χ2n) is 7.97. The third-order valence-electron chi connectivity index (χ3n) is 5.57. The van der Waals surface area contributed by atoms with Crippen LogP contribution in [0.5, 0.6) is 5.75 Å². The maximum Gasteiger partial charge on any atom is 0.408 e. The standard InChI is InChI=1S/C27H25NO6/c1-3-9-22(28-27(31)32-16-18-10-5-4-6-11-18)26(30)33-23-15-14-20-19-12-7-8-13-21(19)25(29)34-24(20)17(23)2/h4-8,10-15,22H,3,9,16H2,1-2H3,(H,28,31). The predicted molar refractivity (Wildman–Crippen MR) is 129 cm³/mol. The summed E-state index contributed by atoms with van der Waals surface area (Å²) in [4.78, 5) is 37.6. The van der Waals surface area contributed by atoms with Crippen molar-refractivity contribution in [2.75, 3.05) is 0 Å². The largest absolute Gasteiger partial charge is 0.445 e. The molecule has 0 bridgehead atoms. The van der Waals surface area contributed by atoms with E-state index < -0.39 is 23.7 Å². The molecule has 0 aliphatic heterocycles. The molecule has 1 atom stereocenters. The fourth-order valence-electron chi connectivity index (χ4n) is 3.80. The Bertz CT molecular complexity index is 1390. The molecule has 1 aromatic heterocycles. The van der Waals surface area contributed by atoms with E-state index in [4.69, 9.17) is 13.9 Å². The lowest BCUT2D eigenvalue weighted by Gasteiger charge is -2.18. The first-order valence-corrected chi connectivity index (χ1v) is 11.1. The van der Waals surface area contributed by atoms with Crippen LogP contribution in [0.2, 0.25) is 0 Å². The zero-order valence-electron chi connectivity index (χ0n) is 19.0. The van der Waals surface area contributed by atoms with E-state index in [0.29, 0.717) is 29.4 Å². The van der Waals surface area contributed by atoms with Crippen LogP contribution in [0.15, 0.2) is 75.9 Å². The first kappa shape index (κ1) is 23.0. The minimum absolute atomic E-state index is 0.0946. The molecule has 0 saturated carbocycles. The van der Waals surface area contributed by atoms with E-state index in [1.54, 1.807) is 31.2 Å². The van der Waals surface area contributed by atoms with Gasteiger partial charge in [0.25, 0.3) is 0 Å². The van der Waals surface area contributed by atoms with Crippen molar-refractivity contribution in [3.63, 3.8) is 0 Å². The number of ether oxygens (including phenoxy) is 2. The summed E-state index contributed by atoms with van der Waals surface area (Å²) in [6.07, 6.45) is 0.328. The molecule has 0 radical (unpaired) electrons. The molecule has 1 unspecified atom stereocenters. The summed E-state index contributed by atoms with van der Waals surface area (Å²) >= 11 is 0. The molecule has 1 amide bonds. The minimum Gasteiger partial charge on any atom is -0.445 e. The number of aryl methyl sites for hydroxylation is 1. The Morgan fingerprint density at radius 2 is 1.65 bits per heavy atom. The van der Waals surface area contributed by atoms with Crippen LogP contribution in [0.4, 0.5) is 4.79 Å². The zero-order chi connectivity index (χ0) is 24.1. The van der Waals surface area contributed by atoms with E-state index in [1.165, 1.54) is 0 Å². The molecule has 34 heavy (non-hydrogen) atoms. The van der Waals surface area contributed by atoms with Gasteiger partial charge in [0.1, 0.15) is 24.0 Å². The van der Waals surface area contributed by atoms with Gasteiger partial charge in [-0.25, -0.2) is 14.4 Å². The molecule has 0 aliphatic carbocycles. The Morgan fingerprint density at radius 1 is 0.941 bits per heavy atom. The van der Waals surface area contributed by atoms with Gasteiger partial charge in [-0.05, 0) is 42.5 Å². The van der Waals surface area contributed by atoms with Crippen molar-refractivity contribution >= 4 is 33.8 Å². The zero-order valence-corrected chi connectivity index (χ0v) is 19.0. The highest BCUT2D eigenvalue weighted by Crippen LogP contribution is 2.31. The van der Waals surface area contributed by atoms with Gasteiger partial charge < -0.3 is 19.2 Å². The Hall–Kier alpha value is -4.13. The molecule has 4 aromatic rings. The highest BCUT2D eigenvalue weighted by atomic mass is 16.6. The van der Waals surface area contributed by atoms with Crippen molar-refractivity contribution in [1.82, 2.24) is 5.32 Å². The summed E-state index contributed by atoms with van der Waals surface area (Å²) in [5.41, 5.74) is 1.27. The summed E-state index contributed by atoms with van der Waals surface area (Å²) < 4.78 is 16.4. The monoisotopic (exact) mass is 459 g/mol. The van der Waals surface area contributed by atoms with E-state index in [0.717, 1.165) is 16.3 Å². The number of carbonyl (C=O) groups is 2. The van der Waals surface area contributed by atoms with E-state index in [1.807, 2.05) is 49.4 Å². The van der Waals surface area contributed by atoms with Gasteiger partial charge in [-0.2, -0.15) is 0 Å². The average molecular weight is 459 g/mol. The summed E-state index contributed by atoms with van der Waals surface area (Å²) in [6, 6.07) is 19.0. The van der Waals surface area contributed by atoms with Crippen LogP contribution in [0, 0.1) is 6.92 Å². The van der Waals surface area contributed by atoms with Crippen LogP contribution in [0.25, 0.3) is 21.7 Å².